The molecule has 0 amide bonds. The van der Waals surface area contributed by atoms with Crippen LogP contribution in [-0.4, -0.2) is 39.2 Å². The lowest BCUT2D eigenvalue weighted by Crippen LogP contribution is -2.07. The van der Waals surface area contributed by atoms with Crippen LogP contribution in [0.2, 0.25) is 0 Å². The Labute approximate surface area is 204 Å². The molecule has 0 unspecified atom stereocenters. The molecule has 9 heteroatoms. The van der Waals surface area contributed by atoms with Crippen molar-refractivity contribution in [1.29, 1.82) is 0 Å². The number of ether oxygens (including phenoxy) is 3. The van der Waals surface area contributed by atoms with E-state index in [2.05, 4.69) is 19.0 Å². The molecule has 0 N–H and O–H groups in total. The van der Waals surface area contributed by atoms with Crippen LogP contribution in [0.15, 0.2) is 38.4 Å². The molecule has 0 spiro atoms. The zero-order chi connectivity index (χ0) is 22.9. The molecule has 0 aromatic heterocycles. The summed E-state index contributed by atoms with van der Waals surface area (Å²) in [5, 5.41) is 3.77. The van der Waals surface area contributed by atoms with Gasteiger partial charge in [0.2, 0.25) is 0 Å². The molecule has 31 heavy (non-hydrogen) atoms. The Balaban J connectivity index is 2.36. The molecule has 0 aliphatic rings. The Morgan fingerprint density at radius 3 is 2.13 bits per heavy atom. The molecule has 0 radical (unpaired) electrons. The fraction of sp³-hybridized carbons (Fsp3) is 0.500. The predicted octanol–water partition coefficient (Wildman–Crippen LogP) is 7.01. The van der Waals surface area contributed by atoms with E-state index in [0.29, 0.717) is 32.8 Å². The lowest BCUT2D eigenvalue weighted by Gasteiger charge is -2.17. The first kappa shape index (κ1) is 27.9. The maximum absolute atomic E-state index is 6.08. The first-order chi connectivity index (χ1) is 15.0. The summed E-state index contributed by atoms with van der Waals surface area (Å²) >= 11 is 22.2. The highest BCUT2D eigenvalue weighted by atomic mass is 35.5. The zero-order valence-corrected chi connectivity index (χ0v) is 20.9. The van der Waals surface area contributed by atoms with Gasteiger partial charge in [0.15, 0.2) is 0 Å². The molecule has 1 rings (SSSR count). The van der Waals surface area contributed by atoms with Crippen molar-refractivity contribution in [3.05, 3.63) is 44.4 Å². The van der Waals surface area contributed by atoms with E-state index in [1.807, 2.05) is 12.1 Å². The number of benzene rings is 1. The zero-order valence-electron chi connectivity index (χ0n) is 17.8. The van der Waals surface area contributed by atoms with Crippen molar-refractivity contribution in [2.75, 3.05) is 33.0 Å². The molecule has 0 atom stereocenters. The van der Waals surface area contributed by atoms with E-state index >= 15 is 0 Å². The van der Waals surface area contributed by atoms with E-state index in [1.165, 1.54) is 6.08 Å². The largest absolute Gasteiger partial charge is 0.493 e. The molecule has 0 fully saturated rings. The monoisotopic (exact) mass is 511 g/mol. The van der Waals surface area contributed by atoms with Gasteiger partial charge in [-0.05, 0) is 48.3 Å². The predicted molar refractivity (Wildman–Crippen MR) is 130 cm³/mol. The van der Waals surface area contributed by atoms with Crippen molar-refractivity contribution in [3.63, 3.8) is 0 Å². The van der Waals surface area contributed by atoms with Crippen LogP contribution < -0.4 is 9.47 Å². The Morgan fingerprint density at radius 2 is 1.52 bits per heavy atom. The topological polar surface area (TPSA) is 49.3 Å². The average molecular weight is 513 g/mol. The number of aryl methyl sites for hydroxylation is 2. The van der Waals surface area contributed by atoms with Crippen LogP contribution in [0.3, 0.4) is 0 Å². The molecule has 0 aliphatic carbocycles. The van der Waals surface area contributed by atoms with Gasteiger partial charge in [0, 0.05) is 25.7 Å². The number of hydrogen-bond donors (Lipinski definition) is 0. The van der Waals surface area contributed by atoms with E-state index in [0.717, 1.165) is 41.9 Å². The second kappa shape index (κ2) is 17.4. The van der Waals surface area contributed by atoms with Crippen LogP contribution in [0.1, 0.15) is 37.8 Å². The van der Waals surface area contributed by atoms with Crippen molar-refractivity contribution in [1.82, 2.24) is 0 Å². The van der Waals surface area contributed by atoms with Crippen molar-refractivity contribution < 1.29 is 19.0 Å². The average Bonchev–Trinajstić information content (AvgIpc) is 2.74. The molecule has 0 saturated heterocycles. The molecular weight excluding hydrogens is 484 g/mol. The third kappa shape index (κ3) is 13.1. The van der Waals surface area contributed by atoms with Gasteiger partial charge >= 0.3 is 0 Å². The molecule has 0 aliphatic heterocycles. The molecule has 0 heterocycles. The summed E-state index contributed by atoms with van der Waals surface area (Å²) in [4.78, 5) is 4.95. The van der Waals surface area contributed by atoms with Crippen LogP contribution in [0, 0.1) is 0 Å². The van der Waals surface area contributed by atoms with Crippen LogP contribution in [0.25, 0.3) is 0 Å². The van der Waals surface area contributed by atoms with E-state index in [9.17, 15) is 0 Å². The summed E-state index contributed by atoms with van der Waals surface area (Å²) in [7, 11) is 0. The van der Waals surface area contributed by atoms with Gasteiger partial charge in [-0.1, -0.05) is 65.4 Å². The Hall–Kier alpha value is -1.11. The van der Waals surface area contributed by atoms with Crippen LogP contribution in [0.4, 0.5) is 0 Å². The highest BCUT2D eigenvalue weighted by molar-refractivity contribution is 6.56. The Kier molecular flexibility index (Phi) is 15.7. The van der Waals surface area contributed by atoms with Crippen LogP contribution in [0.5, 0.6) is 11.5 Å². The van der Waals surface area contributed by atoms with Gasteiger partial charge in [-0.25, -0.2) is 0 Å². The van der Waals surface area contributed by atoms with Gasteiger partial charge in [-0.3, -0.25) is 0 Å². The summed E-state index contributed by atoms with van der Waals surface area (Å²) in [6.45, 7) is 6.49. The lowest BCUT2D eigenvalue weighted by atomic mass is 10.0. The summed E-state index contributed by atoms with van der Waals surface area (Å²) < 4.78 is 17.7. The molecule has 0 saturated carbocycles. The summed E-state index contributed by atoms with van der Waals surface area (Å²) in [6, 6.07) is 4.00. The van der Waals surface area contributed by atoms with Crippen molar-refractivity contribution in [3.8, 4) is 11.5 Å². The second-order valence-electron chi connectivity index (χ2n) is 6.26. The standard InChI is InChI=1S/C22H29Cl4NO4/c1-3-17-15-19(29-13-7-20(23)24)16-18(4-2)22(17)30-12-6-11-28-10-5-9-27-31-14-8-21(25)26/h7-9,15-16H,3-6,10-14H2,1-2H3. The second-order valence-corrected chi connectivity index (χ2v) is 8.28. The fourth-order valence-electron chi connectivity index (χ4n) is 2.54. The van der Waals surface area contributed by atoms with Gasteiger partial charge in [0.05, 0.1) is 13.2 Å². The number of halogens is 4. The summed E-state index contributed by atoms with van der Waals surface area (Å²) in [6.07, 6.45) is 7.90. The van der Waals surface area contributed by atoms with Crippen molar-refractivity contribution >= 4 is 52.6 Å². The highest BCUT2D eigenvalue weighted by Crippen LogP contribution is 2.31. The fourth-order valence-corrected chi connectivity index (χ4v) is 2.79. The van der Waals surface area contributed by atoms with Gasteiger partial charge in [0.1, 0.15) is 33.7 Å². The Bertz CT molecular complexity index is 705. The molecule has 0 bridgehead atoms. The highest BCUT2D eigenvalue weighted by Gasteiger charge is 2.11. The Morgan fingerprint density at radius 1 is 0.871 bits per heavy atom. The third-order valence-electron chi connectivity index (χ3n) is 4.00. The maximum atomic E-state index is 6.08. The number of rotatable bonds is 16. The third-order valence-corrected chi connectivity index (χ3v) is 4.61. The summed E-state index contributed by atoms with van der Waals surface area (Å²) in [5.41, 5.74) is 2.22. The quantitative estimate of drug-likeness (QED) is 0.136. The lowest BCUT2D eigenvalue weighted by molar-refractivity contribution is 0.124. The maximum Gasteiger partial charge on any atom is 0.138 e. The first-order valence-electron chi connectivity index (χ1n) is 10.1. The number of hydrogen-bond acceptors (Lipinski definition) is 5. The van der Waals surface area contributed by atoms with Crippen molar-refractivity contribution in [2.24, 2.45) is 5.16 Å². The van der Waals surface area contributed by atoms with Gasteiger partial charge in [-0.2, -0.15) is 0 Å². The molecule has 5 nitrogen and oxygen atoms in total. The molecule has 174 valence electrons. The minimum Gasteiger partial charge on any atom is -0.493 e. The van der Waals surface area contributed by atoms with Gasteiger partial charge < -0.3 is 19.0 Å². The molecule has 1 aromatic rings. The smallest absolute Gasteiger partial charge is 0.138 e. The van der Waals surface area contributed by atoms with E-state index in [4.69, 9.17) is 65.5 Å². The number of nitrogens with zero attached hydrogens (tertiary/aromatic N) is 1. The number of oxime groups is 1. The minimum atomic E-state index is 0.159. The van der Waals surface area contributed by atoms with Crippen molar-refractivity contribution in [2.45, 2.75) is 39.5 Å². The van der Waals surface area contributed by atoms with E-state index < -0.39 is 0 Å². The van der Waals surface area contributed by atoms with Gasteiger partial charge in [-0.15, -0.1) is 0 Å². The molecular formula is C22H29Cl4NO4. The SMILES string of the molecule is CCc1cc(OCC=C(Cl)Cl)cc(CC)c1OCCCOCCC=NOCC=C(Cl)Cl. The van der Waals surface area contributed by atoms with Crippen LogP contribution in [-0.2, 0) is 22.4 Å². The summed E-state index contributed by atoms with van der Waals surface area (Å²) in [5.74, 6) is 1.71. The van der Waals surface area contributed by atoms with E-state index in [-0.39, 0.29) is 15.6 Å². The normalized spacial score (nSPS) is 10.8. The van der Waals surface area contributed by atoms with Gasteiger partial charge in [0.25, 0.3) is 0 Å². The first-order valence-corrected chi connectivity index (χ1v) is 11.6. The molecule has 1 aromatic carbocycles. The minimum absolute atomic E-state index is 0.159. The van der Waals surface area contributed by atoms with Crippen LogP contribution >= 0.6 is 46.4 Å². The van der Waals surface area contributed by atoms with E-state index in [1.54, 1.807) is 12.3 Å².